The molecule has 0 radical (unpaired) electrons. The number of carboxylic acid groups (broad SMARTS) is 1. The summed E-state index contributed by atoms with van der Waals surface area (Å²) in [6.45, 7) is 0.551. The second-order valence-electron chi connectivity index (χ2n) is 6.56. The van der Waals surface area contributed by atoms with Crippen LogP contribution in [0, 0.1) is 10.1 Å². The second kappa shape index (κ2) is 9.82. The molecule has 0 saturated heterocycles. The Morgan fingerprint density at radius 2 is 1.87 bits per heavy atom. The zero-order chi connectivity index (χ0) is 22.4. The Kier molecular flexibility index (Phi) is 6.94. The summed E-state index contributed by atoms with van der Waals surface area (Å²) < 4.78 is 11.2. The highest BCUT2D eigenvalue weighted by Gasteiger charge is 2.13. The number of benzene rings is 3. The van der Waals surface area contributed by atoms with E-state index in [0.717, 1.165) is 11.1 Å². The van der Waals surface area contributed by atoms with Crippen LogP contribution in [0.3, 0.4) is 0 Å². The quantitative estimate of drug-likeness (QED) is 0.348. The molecule has 0 fully saturated rings. The molecule has 8 nitrogen and oxygen atoms in total. The van der Waals surface area contributed by atoms with Crippen LogP contribution < -0.4 is 14.8 Å². The van der Waals surface area contributed by atoms with Crippen LogP contribution in [0.25, 0.3) is 0 Å². The first kappa shape index (κ1) is 21.9. The van der Waals surface area contributed by atoms with E-state index in [0.29, 0.717) is 28.8 Å². The first-order valence-electron chi connectivity index (χ1n) is 9.17. The third-order valence-electron chi connectivity index (χ3n) is 4.43. The van der Waals surface area contributed by atoms with E-state index in [-0.39, 0.29) is 17.9 Å². The van der Waals surface area contributed by atoms with Crippen molar-refractivity contribution in [2.45, 2.75) is 13.2 Å². The van der Waals surface area contributed by atoms with Crippen molar-refractivity contribution in [1.82, 2.24) is 0 Å². The maximum absolute atomic E-state index is 11.1. The van der Waals surface area contributed by atoms with Crippen molar-refractivity contribution in [2.75, 3.05) is 12.4 Å². The van der Waals surface area contributed by atoms with E-state index >= 15 is 0 Å². The molecular weight excluding hydrogens is 424 g/mol. The number of hydrogen-bond donors (Lipinski definition) is 2. The van der Waals surface area contributed by atoms with Crippen LogP contribution in [0.5, 0.6) is 11.5 Å². The van der Waals surface area contributed by atoms with Gasteiger partial charge in [0.05, 0.1) is 22.6 Å². The second-order valence-corrected chi connectivity index (χ2v) is 6.97. The highest BCUT2D eigenvalue weighted by Crippen LogP contribution is 2.37. The zero-order valence-electron chi connectivity index (χ0n) is 16.5. The maximum Gasteiger partial charge on any atom is 0.335 e. The summed E-state index contributed by atoms with van der Waals surface area (Å²) in [5.41, 5.74) is 2.41. The highest BCUT2D eigenvalue weighted by molar-refractivity contribution is 6.32. The largest absolute Gasteiger partial charge is 0.493 e. The molecular formula is C22H19ClN2O6. The number of ether oxygens (including phenoxy) is 2. The van der Waals surface area contributed by atoms with Gasteiger partial charge in [-0.25, -0.2) is 4.79 Å². The van der Waals surface area contributed by atoms with E-state index in [1.807, 2.05) is 0 Å². The lowest BCUT2D eigenvalue weighted by molar-refractivity contribution is -0.384. The normalized spacial score (nSPS) is 10.4. The monoisotopic (exact) mass is 442 g/mol. The number of nitrogens with one attached hydrogen (secondary N) is 1. The topological polar surface area (TPSA) is 111 Å². The number of aromatic carboxylic acids is 1. The van der Waals surface area contributed by atoms with Crippen LogP contribution in [0.1, 0.15) is 21.5 Å². The Morgan fingerprint density at radius 1 is 1.13 bits per heavy atom. The lowest BCUT2D eigenvalue weighted by Crippen LogP contribution is -2.04. The number of anilines is 1. The summed E-state index contributed by atoms with van der Waals surface area (Å²) in [6, 6.07) is 16.0. The van der Waals surface area contributed by atoms with Crippen molar-refractivity contribution in [2.24, 2.45) is 0 Å². The van der Waals surface area contributed by atoms with Gasteiger partial charge in [0.1, 0.15) is 6.61 Å². The molecule has 0 atom stereocenters. The van der Waals surface area contributed by atoms with Crippen LogP contribution in [-0.2, 0) is 13.2 Å². The van der Waals surface area contributed by atoms with Gasteiger partial charge in [-0.1, -0.05) is 17.7 Å². The fraction of sp³-hybridized carbons (Fsp3) is 0.136. The Bertz CT molecular complexity index is 1100. The van der Waals surface area contributed by atoms with Crippen LogP contribution in [-0.4, -0.2) is 23.1 Å². The Labute approximate surface area is 183 Å². The van der Waals surface area contributed by atoms with Crippen LogP contribution in [0.15, 0.2) is 60.7 Å². The average molecular weight is 443 g/mol. The third kappa shape index (κ3) is 5.64. The molecule has 0 amide bonds. The molecule has 0 spiro atoms. The maximum atomic E-state index is 11.1. The number of nitrogens with zero attached hydrogens (tertiary/aromatic N) is 1. The van der Waals surface area contributed by atoms with Crippen molar-refractivity contribution in [3.05, 3.63) is 92.5 Å². The van der Waals surface area contributed by atoms with Gasteiger partial charge in [0.15, 0.2) is 11.5 Å². The molecule has 0 aliphatic rings. The van der Waals surface area contributed by atoms with Crippen molar-refractivity contribution >= 4 is 28.9 Å². The van der Waals surface area contributed by atoms with Gasteiger partial charge >= 0.3 is 5.97 Å². The molecule has 0 aliphatic carbocycles. The number of carbonyl (C=O) groups is 1. The van der Waals surface area contributed by atoms with Gasteiger partial charge in [-0.05, 0) is 53.6 Å². The molecule has 3 aromatic carbocycles. The minimum absolute atomic E-state index is 0.00473. The van der Waals surface area contributed by atoms with E-state index in [2.05, 4.69) is 5.32 Å². The molecule has 2 N–H and O–H groups in total. The molecule has 0 unspecified atom stereocenters. The Morgan fingerprint density at radius 3 is 2.52 bits per heavy atom. The molecule has 0 bridgehead atoms. The van der Waals surface area contributed by atoms with Gasteiger partial charge in [0.2, 0.25) is 0 Å². The predicted molar refractivity (Wildman–Crippen MR) is 116 cm³/mol. The number of nitro groups is 1. The summed E-state index contributed by atoms with van der Waals surface area (Å²) >= 11 is 6.40. The molecule has 160 valence electrons. The molecule has 3 aromatic rings. The van der Waals surface area contributed by atoms with Gasteiger partial charge in [-0.2, -0.15) is 0 Å². The van der Waals surface area contributed by atoms with E-state index in [1.165, 1.54) is 25.3 Å². The van der Waals surface area contributed by atoms with E-state index in [1.54, 1.807) is 42.5 Å². The van der Waals surface area contributed by atoms with Crippen molar-refractivity contribution in [3.63, 3.8) is 0 Å². The minimum Gasteiger partial charge on any atom is -0.493 e. The number of nitro benzene ring substituents is 1. The van der Waals surface area contributed by atoms with Gasteiger partial charge in [0.25, 0.3) is 5.69 Å². The lowest BCUT2D eigenvalue weighted by atomic mass is 10.1. The van der Waals surface area contributed by atoms with Crippen molar-refractivity contribution < 1.29 is 24.3 Å². The molecule has 31 heavy (non-hydrogen) atoms. The number of hydrogen-bond acceptors (Lipinski definition) is 6. The summed E-state index contributed by atoms with van der Waals surface area (Å²) in [5.74, 6) is -0.201. The van der Waals surface area contributed by atoms with Gasteiger partial charge in [-0.3, -0.25) is 10.1 Å². The highest BCUT2D eigenvalue weighted by atomic mass is 35.5. The molecule has 0 heterocycles. The average Bonchev–Trinajstić information content (AvgIpc) is 2.77. The Balaban J connectivity index is 1.70. The SMILES string of the molecule is COc1cc(CNc2cccc(C(=O)O)c2)cc(Cl)c1OCc1ccc([N+](=O)[O-])cc1. The fourth-order valence-corrected chi connectivity index (χ4v) is 3.14. The number of rotatable bonds is 9. The van der Waals surface area contributed by atoms with Crippen LogP contribution >= 0.6 is 11.6 Å². The first-order chi connectivity index (χ1) is 14.9. The third-order valence-corrected chi connectivity index (χ3v) is 4.71. The minimum atomic E-state index is -0.997. The van der Waals surface area contributed by atoms with E-state index in [4.69, 9.17) is 26.2 Å². The van der Waals surface area contributed by atoms with Gasteiger partial charge in [-0.15, -0.1) is 0 Å². The number of non-ortho nitro benzene ring substituents is 1. The molecule has 9 heteroatoms. The molecule has 0 aromatic heterocycles. The lowest BCUT2D eigenvalue weighted by Gasteiger charge is -2.15. The summed E-state index contributed by atoms with van der Waals surface area (Å²) in [6.07, 6.45) is 0. The summed E-state index contributed by atoms with van der Waals surface area (Å²) in [4.78, 5) is 21.4. The molecule has 0 aliphatic heterocycles. The number of carboxylic acids is 1. The van der Waals surface area contributed by atoms with Crippen molar-refractivity contribution in [3.8, 4) is 11.5 Å². The smallest absolute Gasteiger partial charge is 0.335 e. The number of methoxy groups -OCH3 is 1. The first-order valence-corrected chi connectivity index (χ1v) is 9.55. The summed E-state index contributed by atoms with van der Waals surface area (Å²) in [5, 5.41) is 23.3. The van der Waals surface area contributed by atoms with E-state index < -0.39 is 10.9 Å². The van der Waals surface area contributed by atoms with Gasteiger partial charge < -0.3 is 19.9 Å². The van der Waals surface area contributed by atoms with Crippen molar-refractivity contribution in [1.29, 1.82) is 0 Å². The van der Waals surface area contributed by atoms with Crippen LogP contribution in [0.4, 0.5) is 11.4 Å². The van der Waals surface area contributed by atoms with Crippen LogP contribution in [0.2, 0.25) is 5.02 Å². The van der Waals surface area contributed by atoms with E-state index in [9.17, 15) is 14.9 Å². The Hall–Kier alpha value is -3.78. The number of halogens is 1. The predicted octanol–water partition coefficient (Wildman–Crippen LogP) is 5.15. The zero-order valence-corrected chi connectivity index (χ0v) is 17.3. The molecule has 3 rings (SSSR count). The summed E-state index contributed by atoms with van der Waals surface area (Å²) in [7, 11) is 1.50. The fourth-order valence-electron chi connectivity index (χ4n) is 2.85. The standard InChI is InChI=1S/C22H19ClN2O6/c1-30-20-10-15(12-24-17-4-2-3-16(11-17)22(26)27)9-19(23)21(20)31-13-14-5-7-18(8-6-14)25(28)29/h2-11,24H,12-13H2,1H3,(H,26,27). The molecule has 0 saturated carbocycles. The van der Waals surface area contributed by atoms with Gasteiger partial charge in [0, 0.05) is 24.4 Å².